The molecule has 5 rings (SSSR count). The van der Waals surface area contributed by atoms with Gasteiger partial charge < -0.3 is 16.0 Å². The molecule has 0 aliphatic carbocycles. The summed E-state index contributed by atoms with van der Waals surface area (Å²) < 4.78 is 14.5. The monoisotopic (exact) mass is 664 g/mol. The predicted molar refractivity (Wildman–Crippen MR) is 189 cm³/mol. The van der Waals surface area contributed by atoms with Gasteiger partial charge in [0.15, 0.2) is 5.13 Å². The molecule has 0 aliphatic rings. The Hall–Kier alpha value is -5.06. The van der Waals surface area contributed by atoms with Crippen LogP contribution in [0.5, 0.6) is 0 Å². The number of carbonyl (C=O) groups is 3. The molecule has 0 fully saturated rings. The molecule has 238 valence electrons. The van der Waals surface area contributed by atoms with Gasteiger partial charge in [0.2, 0.25) is 5.91 Å². The van der Waals surface area contributed by atoms with Gasteiger partial charge in [-0.15, -0.1) is 23.1 Å². The Balaban J connectivity index is 1.29. The third kappa shape index (κ3) is 8.81. The molecule has 1 unspecified atom stereocenters. The molecule has 5 aromatic rings. The highest BCUT2D eigenvalue weighted by atomic mass is 32.2. The average molecular weight is 665 g/mol. The largest absolute Gasteiger partial charge is 0.321 e. The lowest BCUT2D eigenvalue weighted by atomic mass is 10.1. The molecule has 47 heavy (non-hydrogen) atoms. The van der Waals surface area contributed by atoms with Crippen molar-refractivity contribution in [1.82, 2.24) is 10.3 Å². The van der Waals surface area contributed by atoms with Gasteiger partial charge in [0, 0.05) is 32.2 Å². The van der Waals surface area contributed by atoms with Crippen molar-refractivity contribution in [2.75, 3.05) is 10.6 Å². The molecule has 4 aromatic carbocycles. The molecule has 10 heteroatoms. The van der Waals surface area contributed by atoms with Gasteiger partial charge in [0.25, 0.3) is 11.8 Å². The van der Waals surface area contributed by atoms with Crippen LogP contribution in [0.2, 0.25) is 0 Å². The lowest BCUT2D eigenvalue weighted by molar-refractivity contribution is -0.116. The number of benzene rings is 4. The van der Waals surface area contributed by atoms with Gasteiger partial charge in [-0.3, -0.25) is 14.4 Å². The van der Waals surface area contributed by atoms with Crippen LogP contribution in [-0.4, -0.2) is 28.0 Å². The lowest BCUT2D eigenvalue weighted by Gasteiger charge is -2.15. The Morgan fingerprint density at radius 3 is 2.34 bits per heavy atom. The zero-order valence-corrected chi connectivity index (χ0v) is 27.7. The van der Waals surface area contributed by atoms with Crippen LogP contribution in [0.25, 0.3) is 17.3 Å². The van der Waals surface area contributed by atoms with Crippen molar-refractivity contribution >= 4 is 57.7 Å². The summed E-state index contributed by atoms with van der Waals surface area (Å²) in [5.74, 6) is -1.85. The number of halogens is 1. The van der Waals surface area contributed by atoms with Crippen molar-refractivity contribution < 1.29 is 18.8 Å². The maximum atomic E-state index is 14.5. The van der Waals surface area contributed by atoms with E-state index in [0.29, 0.717) is 22.8 Å². The normalized spacial score (nSPS) is 11.9. The highest BCUT2D eigenvalue weighted by Crippen LogP contribution is 2.33. The van der Waals surface area contributed by atoms with Crippen molar-refractivity contribution in [2.45, 2.75) is 37.3 Å². The van der Waals surface area contributed by atoms with Crippen molar-refractivity contribution in [1.29, 1.82) is 0 Å². The number of hydrogen-bond donors (Lipinski definition) is 3. The summed E-state index contributed by atoms with van der Waals surface area (Å²) in [7, 11) is 0. The fourth-order valence-corrected chi connectivity index (χ4v) is 6.49. The number of aromatic nitrogens is 1. The SMILES string of the molecule is CCC(Sc1cccc(NC(=O)/C(=C/c2ccccc2F)NC(=O)c2ccccc2)c1)C(=O)Nc1nc(-c2ccc(C)cc2)c(C)s1. The summed E-state index contributed by atoms with van der Waals surface area (Å²) >= 11 is 2.80. The Labute approximate surface area is 281 Å². The van der Waals surface area contributed by atoms with E-state index in [1.165, 1.54) is 41.3 Å². The average Bonchev–Trinajstić information content (AvgIpc) is 3.44. The van der Waals surface area contributed by atoms with Crippen LogP contribution in [0, 0.1) is 19.7 Å². The molecule has 0 saturated carbocycles. The number of carbonyl (C=O) groups excluding carboxylic acids is 3. The Morgan fingerprint density at radius 1 is 0.894 bits per heavy atom. The Kier molecular flexibility index (Phi) is 11.0. The lowest BCUT2D eigenvalue weighted by Crippen LogP contribution is -2.30. The summed E-state index contributed by atoms with van der Waals surface area (Å²) in [6.07, 6.45) is 1.86. The van der Waals surface area contributed by atoms with Crippen molar-refractivity contribution in [3.8, 4) is 11.3 Å². The van der Waals surface area contributed by atoms with E-state index in [4.69, 9.17) is 0 Å². The molecule has 0 aliphatic heterocycles. The minimum absolute atomic E-state index is 0.128. The second kappa shape index (κ2) is 15.5. The molecule has 1 aromatic heterocycles. The first-order valence-electron chi connectivity index (χ1n) is 15.0. The minimum atomic E-state index is -0.631. The minimum Gasteiger partial charge on any atom is -0.321 e. The van der Waals surface area contributed by atoms with Crippen LogP contribution >= 0.6 is 23.1 Å². The molecule has 1 heterocycles. The number of rotatable bonds is 11. The summed E-state index contributed by atoms with van der Waals surface area (Å²) in [5, 5.41) is 8.51. The Bertz CT molecular complexity index is 1920. The number of amides is 3. The van der Waals surface area contributed by atoms with E-state index in [0.717, 1.165) is 26.6 Å². The van der Waals surface area contributed by atoms with Gasteiger partial charge in [-0.1, -0.05) is 79.2 Å². The fourth-order valence-electron chi connectivity index (χ4n) is 4.64. The number of nitrogens with one attached hydrogen (secondary N) is 3. The Morgan fingerprint density at radius 2 is 1.62 bits per heavy atom. The molecule has 0 radical (unpaired) electrons. The van der Waals surface area contributed by atoms with Crippen molar-refractivity contribution in [3.63, 3.8) is 0 Å². The topological polar surface area (TPSA) is 100 Å². The maximum absolute atomic E-state index is 14.5. The molecule has 0 bridgehead atoms. The molecule has 0 spiro atoms. The summed E-state index contributed by atoms with van der Waals surface area (Å²) in [6.45, 7) is 5.95. The third-order valence-electron chi connectivity index (χ3n) is 7.12. The molecular weight excluding hydrogens is 632 g/mol. The van der Waals surface area contributed by atoms with E-state index < -0.39 is 22.9 Å². The van der Waals surface area contributed by atoms with E-state index >= 15 is 0 Å². The van der Waals surface area contributed by atoms with Crippen LogP contribution in [0.1, 0.15) is 39.7 Å². The zero-order chi connectivity index (χ0) is 33.3. The summed E-state index contributed by atoms with van der Waals surface area (Å²) in [5.41, 5.74) is 3.82. The van der Waals surface area contributed by atoms with Crippen LogP contribution in [0.15, 0.2) is 114 Å². The van der Waals surface area contributed by atoms with Crippen molar-refractivity contribution in [3.05, 3.63) is 136 Å². The fraction of sp³-hybridized carbons (Fsp3) is 0.135. The van der Waals surface area contributed by atoms with Gasteiger partial charge in [0.1, 0.15) is 11.5 Å². The van der Waals surface area contributed by atoms with Gasteiger partial charge in [-0.05, 0) is 62.7 Å². The first-order valence-corrected chi connectivity index (χ1v) is 16.7. The first kappa shape index (κ1) is 33.3. The van der Waals surface area contributed by atoms with E-state index in [9.17, 15) is 18.8 Å². The standard InChI is InChI=1S/C37H33FN4O3S2/c1-4-32(36(45)42-37-41-33(24(3)46-37)25-19-17-23(2)18-20-25)47-29-15-10-14-28(22-29)39-35(44)31(21-27-13-8-9-16-30(27)38)40-34(43)26-11-6-5-7-12-26/h5-22,32H,4H2,1-3H3,(H,39,44)(H,40,43)(H,41,42,45)/b31-21-. The maximum Gasteiger partial charge on any atom is 0.272 e. The third-order valence-corrected chi connectivity index (χ3v) is 9.36. The first-order chi connectivity index (χ1) is 22.7. The number of aryl methyl sites for hydroxylation is 2. The predicted octanol–water partition coefficient (Wildman–Crippen LogP) is 8.49. The molecular formula is C37H33FN4O3S2. The number of thioether (sulfide) groups is 1. The quantitative estimate of drug-likeness (QED) is 0.0972. The smallest absolute Gasteiger partial charge is 0.272 e. The van der Waals surface area contributed by atoms with Gasteiger partial charge in [-0.2, -0.15) is 0 Å². The molecule has 0 saturated heterocycles. The number of nitrogens with zero attached hydrogens (tertiary/aromatic N) is 1. The van der Waals surface area contributed by atoms with Crippen molar-refractivity contribution in [2.24, 2.45) is 0 Å². The molecule has 7 nitrogen and oxygen atoms in total. The van der Waals surface area contributed by atoms with Gasteiger partial charge >= 0.3 is 0 Å². The second-order valence-corrected chi connectivity index (χ2v) is 13.2. The van der Waals surface area contributed by atoms with E-state index in [1.807, 2.05) is 51.1 Å². The highest BCUT2D eigenvalue weighted by Gasteiger charge is 2.21. The number of hydrogen-bond acceptors (Lipinski definition) is 6. The van der Waals surface area contributed by atoms with Gasteiger partial charge in [-0.25, -0.2) is 9.37 Å². The zero-order valence-electron chi connectivity index (χ0n) is 26.0. The van der Waals surface area contributed by atoms with Crippen LogP contribution < -0.4 is 16.0 Å². The van der Waals surface area contributed by atoms with Gasteiger partial charge in [0.05, 0.1) is 10.9 Å². The second-order valence-electron chi connectivity index (χ2n) is 10.7. The molecule has 3 amide bonds. The van der Waals surface area contributed by atoms with E-state index in [-0.39, 0.29) is 17.2 Å². The van der Waals surface area contributed by atoms with Crippen LogP contribution in [0.3, 0.4) is 0 Å². The summed E-state index contributed by atoms with van der Waals surface area (Å²) in [4.78, 5) is 46.1. The number of anilines is 2. The number of thiazole rings is 1. The van der Waals surface area contributed by atoms with Crippen LogP contribution in [0.4, 0.5) is 15.2 Å². The van der Waals surface area contributed by atoms with Crippen LogP contribution in [-0.2, 0) is 9.59 Å². The van der Waals surface area contributed by atoms with E-state index in [1.54, 1.807) is 60.7 Å². The highest BCUT2D eigenvalue weighted by molar-refractivity contribution is 8.00. The molecule has 1 atom stereocenters. The summed E-state index contributed by atoms with van der Waals surface area (Å²) in [6, 6.07) is 29.6. The van der Waals surface area contributed by atoms with E-state index in [2.05, 4.69) is 20.9 Å². The molecule has 3 N–H and O–H groups in total.